The molecule has 0 radical (unpaired) electrons. The molecule has 1 atom stereocenters. The molecular formula is C31H50ClN11O7. The first kappa shape index (κ1) is 40.6. The Hall–Kier alpha value is -3.86. The molecule has 0 spiro atoms. The summed E-state index contributed by atoms with van der Waals surface area (Å²) in [5, 5.41) is 20.6. The summed E-state index contributed by atoms with van der Waals surface area (Å²) in [5.74, 6) is 3.04. The van der Waals surface area contributed by atoms with E-state index in [1.165, 1.54) is 0 Å². The minimum atomic E-state index is -0.903. The number of amides is 1. The quantitative estimate of drug-likeness (QED) is 0.0776. The van der Waals surface area contributed by atoms with Crippen molar-refractivity contribution in [2.24, 2.45) is 0 Å². The lowest BCUT2D eigenvalue weighted by Gasteiger charge is -2.36. The van der Waals surface area contributed by atoms with Gasteiger partial charge in [-0.15, -0.1) is 11.5 Å². The Kier molecular flexibility index (Phi) is 18.5. The highest BCUT2D eigenvalue weighted by atomic mass is 35.5. The zero-order valence-corrected chi connectivity index (χ0v) is 29.3. The van der Waals surface area contributed by atoms with E-state index < -0.39 is 12.0 Å². The van der Waals surface area contributed by atoms with Crippen LogP contribution in [0.2, 0.25) is 0 Å². The minimum absolute atomic E-state index is 0. The van der Waals surface area contributed by atoms with Crippen molar-refractivity contribution in [1.29, 1.82) is 0 Å². The van der Waals surface area contributed by atoms with Gasteiger partial charge >= 0.3 is 5.97 Å². The summed E-state index contributed by atoms with van der Waals surface area (Å²) < 4.78 is 23.4. The standard InChI is InChI=1S/C31H49N11O7.ClH/c1-2-16-46-20-22-49-23-21-47-17-9-33-29-34-30(36-31(35-29)41-14-18-48-19-15-41)40-12-10-39(11-13-40)28(45)26(5-3-4-8-32)42-24-25(37-38-42)6-7-27(43)44;/h1,24,26H,3-23,32H2,(H,43,44)(H,33,34,35,36);1H. The summed E-state index contributed by atoms with van der Waals surface area (Å²) in [7, 11) is 0. The fraction of sp³-hybridized carbons (Fsp3) is 0.710. The average molecular weight is 724 g/mol. The number of piperazine rings is 1. The number of carbonyl (C=O) groups excluding carboxylic acids is 1. The van der Waals surface area contributed by atoms with Gasteiger partial charge in [0, 0.05) is 58.4 Å². The number of nitrogens with zero attached hydrogens (tertiary/aromatic N) is 9. The van der Waals surface area contributed by atoms with Gasteiger partial charge in [0.2, 0.25) is 23.8 Å². The van der Waals surface area contributed by atoms with Crippen LogP contribution in [0.3, 0.4) is 0 Å². The van der Waals surface area contributed by atoms with E-state index in [9.17, 15) is 9.59 Å². The van der Waals surface area contributed by atoms with Gasteiger partial charge in [-0.05, 0) is 19.3 Å². The van der Waals surface area contributed by atoms with E-state index in [1.54, 1.807) is 10.9 Å². The van der Waals surface area contributed by atoms with Crippen LogP contribution in [0.5, 0.6) is 0 Å². The van der Waals surface area contributed by atoms with Crippen molar-refractivity contribution >= 4 is 29.7 Å². The lowest BCUT2D eigenvalue weighted by molar-refractivity contribution is -0.368. The maximum Gasteiger partial charge on any atom is 0.303 e. The van der Waals surface area contributed by atoms with Crippen LogP contribution in [-0.4, -0.2) is 157 Å². The molecule has 1 unspecified atom stereocenters. The first-order valence-electron chi connectivity index (χ1n) is 16.9. The molecule has 18 nitrogen and oxygen atoms in total. The van der Waals surface area contributed by atoms with Crippen molar-refractivity contribution < 1.29 is 51.8 Å². The van der Waals surface area contributed by atoms with E-state index in [-0.39, 0.29) is 37.8 Å². The third kappa shape index (κ3) is 13.5. The molecule has 4 heterocycles. The van der Waals surface area contributed by atoms with E-state index in [4.69, 9.17) is 40.4 Å². The van der Waals surface area contributed by atoms with Crippen molar-refractivity contribution in [3.8, 4) is 12.3 Å². The Morgan fingerprint density at radius 3 is 2.28 bits per heavy atom. The van der Waals surface area contributed by atoms with Crippen LogP contribution >= 0.6 is 0 Å². The molecule has 278 valence electrons. The number of halogens is 1. The van der Waals surface area contributed by atoms with Crippen molar-refractivity contribution in [3.05, 3.63) is 11.9 Å². The maximum absolute atomic E-state index is 13.8. The van der Waals surface area contributed by atoms with Gasteiger partial charge in [0.1, 0.15) is 12.6 Å². The normalized spacial score (nSPS) is 15.3. The monoisotopic (exact) mass is 723 g/mol. The molecule has 0 aromatic carbocycles. The predicted octanol–water partition coefficient (Wildman–Crippen LogP) is -4.28. The highest BCUT2D eigenvalue weighted by molar-refractivity contribution is 5.80. The fourth-order valence-corrected chi connectivity index (χ4v) is 5.32. The van der Waals surface area contributed by atoms with Crippen LogP contribution in [0.1, 0.15) is 37.4 Å². The summed E-state index contributed by atoms with van der Waals surface area (Å²) >= 11 is 0. The molecule has 19 heteroatoms. The molecule has 2 aromatic rings. The largest absolute Gasteiger partial charge is 1.00 e. The first-order chi connectivity index (χ1) is 24.0. The number of aryl methyl sites for hydroxylation is 1. The molecule has 0 bridgehead atoms. The second kappa shape index (κ2) is 22.8. The molecule has 0 saturated carbocycles. The number of aliphatic carboxylic acids is 1. The molecule has 4 rings (SSSR count). The number of terminal acetylenes is 1. The van der Waals surface area contributed by atoms with Crippen LogP contribution in [-0.2, 0) is 35.0 Å². The number of carboxylic acids is 1. The average Bonchev–Trinajstić information content (AvgIpc) is 3.60. The SMILES string of the molecule is C#CCOCCOCCOCCNc1nc(N2CCOCC2)nc(N2CCN(C(=O)C(CCCC[NH3+])n3cc(CCC(=O)O)nn3)CC2)n1.[Cl-]. The predicted molar refractivity (Wildman–Crippen MR) is 178 cm³/mol. The molecule has 0 aliphatic carbocycles. The molecule has 2 aromatic heterocycles. The smallest absolute Gasteiger partial charge is 0.303 e. The number of unbranched alkanes of at least 4 members (excludes halogenated alkanes) is 1. The van der Waals surface area contributed by atoms with E-state index in [1.807, 2.05) is 4.90 Å². The van der Waals surface area contributed by atoms with E-state index in [2.05, 4.69) is 42.1 Å². The summed E-state index contributed by atoms with van der Waals surface area (Å²) in [6, 6.07) is -0.522. The summed E-state index contributed by atoms with van der Waals surface area (Å²) in [6.07, 6.45) is 9.36. The number of hydrogen-bond donors (Lipinski definition) is 3. The number of carbonyl (C=O) groups is 2. The number of hydrogen-bond acceptors (Lipinski definition) is 14. The number of carboxylic acid groups (broad SMARTS) is 1. The summed E-state index contributed by atoms with van der Waals surface area (Å²) in [4.78, 5) is 45.0. The third-order valence-corrected chi connectivity index (χ3v) is 7.97. The zero-order valence-electron chi connectivity index (χ0n) is 28.6. The Balaban J connectivity index is 0.00000676. The molecule has 2 aliphatic rings. The molecule has 1 amide bonds. The fourth-order valence-electron chi connectivity index (χ4n) is 5.32. The molecule has 2 saturated heterocycles. The van der Waals surface area contributed by atoms with Crippen LogP contribution in [0.25, 0.3) is 0 Å². The summed E-state index contributed by atoms with van der Waals surface area (Å²) in [6.45, 7) is 8.40. The minimum Gasteiger partial charge on any atom is -1.00 e. The second-order valence-corrected chi connectivity index (χ2v) is 11.5. The van der Waals surface area contributed by atoms with Gasteiger partial charge in [-0.25, -0.2) is 4.68 Å². The number of aromatic nitrogens is 6. The van der Waals surface area contributed by atoms with Crippen molar-refractivity contribution in [1.82, 2.24) is 34.8 Å². The van der Waals surface area contributed by atoms with E-state index in [0.29, 0.717) is 122 Å². The van der Waals surface area contributed by atoms with Crippen molar-refractivity contribution in [3.63, 3.8) is 0 Å². The lowest BCUT2D eigenvalue weighted by Crippen LogP contribution is -3.00. The van der Waals surface area contributed by atoms with Crippen molar-refractivity contribution in [2.75, 3.05) is 120 Å². The third-order valence-electron chi connectivity index (χ3n) is 7.97. The Labute approximate surface area is 298 Å². The molecule has 5 N–H and O–H groups in total. The van der Waals surface area contributed by atoms with Gasteiger partial charge in [-0.2, -0.15) is 15.0 Å². The molecule has 2 aliphatic heterocycles. The molecule has 50 heavy (non-hydrogen) atoms. The van der Waals surface area contributed by atoms with Crippen LogP contribution < -0.4 is 33.3 Å². The van der Waals surface area contributed by atoms with Gasteiger partial charge in [-0.3, -0.25) is 9.59 Å². The van der Waals surface area contributed by atoms with Crippen LogP contribution in [0.15, 0.2) is 6.20 Å². The van der Waals surface area contributed by atoms with Crippen molar-refractivity contribution in [2.45, 2.75) is 38.1 Å². The first-order valence-corrected chi connectivity index (χ1v) is 16.9. The molecule has 2 fully saturated rings. The highest BCUT2D eigenvalue weighted by Gasteiger charge is 2.31. The van der Waals surface area contributed by atoms with Gasteiger partial charge in [0.25, 0.3) is 0 Å². The Morgan fingerprint density at radius 1 is 0.960 bits per heavy atom. The maximum atomic E-state index is 13.8. The van der Waals surface area contributed by atoms with Crippen LogP contribution in [0, 0.1) is 12.3 Å². The number of anilines is 3. The number of ether oxygens (including phenoxy) is 4. The summed E-state index contributed by atoms with van der Waals surface area (Å²) in [5.41, 5.74) is 4.47. The van der Waals surface area contributed by atoms with Gasteiger partial charge < -0.3 is 62.2 Å². The highest BCUT2D eigenvalue weighted by Crippen LogP contribution is 2.22. The number of nitrogens with one attached hydrogen (secondary N) is 1. The zero-order chi connectivity index (χ0) is 34.7. The lowest BCUT2D eigenvalue weighted by atomic mass is 10.1. The Morgan fingerprint density at radius 2 is 1.62 bits per heavy atom. The topological polar surface area (TPSA) is 210 Å². The van der Waals surface area contributed by atoms with Gasteiger partial charge in [-0.1, -0.05) is 11.1 Å². The van der Waals surface area contributed by atoms with Gasteiger partial charge in [0.05, 0.1) is 64.9 Å². The Bertz CT molecular complexity index is 1330. The van der Waals surface area contributed by atoms with Gasteiger partial charge in [0.15, 0.2) is 0 Å². The van der Waals surface area contributed by atoms with E-state index in [0.717, 1.165) is 19.4 Å². The second-order valence-electron chi connectivity index (χ2n) is 11.5. The van der Waals surface area contributed by atoms with E-state index >= 15 is 0 Å². The van der Waals surface area contributed by atoms with Crippen LogP contribution in [0.4, 0.5) is 17.8 Å². The molecular weight excluding hydrogens is 674 g/mol. The number of rotatable bonds is 22. The number of quaternary nitrogens is 1. The number of morpholine rings is 1.